The molecule has 0 N–H and O–H groups in total. The van der Waals surface area contributed by atoms with Crippen molar-refractivity contribution in [2.45, 2.75) is 53.1 Å². The van der Waals surface area contributed by atoms with Crippen molar-refractivity contribution in [3.63, 3.8) is 0 Å². The normalized spacial score (nSPS) is 16.0. The van der Waals surface area contributed by atoms with E-state index in [9.17, 15) is 0 Å². The molecule has 0 bridgehead atoms. The summed E-state index contributed by atoms with van der Waals surface area (Å²) in [6.45, 7) is 10.2. The van der Waals surface area contributed by atoms with Crippen molar-refractivity contribution in [1.29, 1.82) is 0 Å². The molecule has 3 heteroatoms. The van der Waals surface area contributed by atoms with E-state index in [-0.39, 0.29) is 11.5 Å². The van der Waals surface area contributed by atoms with Gasteiger partial charge in [0.1, 0.15) is 18.1 Å². The van der Waals surface area contributed by atoms with Crippen LogP contribution in [0.1, 0.15) is 46.1 Å². The van der Waals surface area contributed by atoms with E-state index >= 15 is 0 Å². The zero-order valence-corrected chi connectivity index (χ0v) is 15.1. The third-order valence-corrected chi connectivity index (χ3v) is 4.40. The average molecular weight is 318 g/mol. The molecule has 0 amide bonds. The van der Waals surface area contributed by atoms with Gasteiger partial charge in [-0.25, -0.2) is 0 Å². The molecule has 0 fully saturated rings. The van der Waals surface area contributed by atoms with Gasteiger partial charge in [0.2, 0.25) is 0 Å². The summed E-state index contributed by atoms with van der Waals surface area (Å²) in [5, 5.41) is 0. The molecular weight excluding hydrogens is 288 g/mol. The third kappa shape index (κ3) is 5.28. The molecule has 23 heavy (non-hydrogen) atoms. The highest BCUT2D eigenvalue weighted by Gasteiger charge is 2.23. The lowest BCUT2D eigenvalue weighted by Gasteiger charge is -2.29. The molecule has 0 aliphatic carbocycles. The van der Waals surface area contributed by atoms with Crippen molar-refractivity contribution < 1.29 is 14.2 Å². The third-order valence-electron chi connectivity index (χ3n) is 4.40. The zero-order chi connectivity index (χ0) is 16.9. The van der Waals surface area contributed by atoms with Crippen LogP contribution in [0.3, 0.4) is 0 Å². The van der Waals surface area contributed by atoms with Gasteiger partial charge < -0.3 is 14.2 Å². The zero-order valence-electron chi connectivity index (χ0n) is 15.1. The van der Waals surface area contributed by atoms with E-state index in [1.54, 1.807) is 7.11 Å². The second-order valence-corrected chi connectivity index (χ2v) is 7.36. The number of hydrogen-bond donors (Lipinski definition) is 0. The predicted octanol–water partition coefficient (Wildman–Crippen LogP) is 4.79. The Bertz CT molecular complexity index is 540. The lowest BCUT2D eigenvalue weighted by molar-refractivity contribution is 0.0110. The average Bonchev–Trinajstić information content (AvgIpc) is 2.94. The Labute approximate surface area is 140 Å². The van der Waals surface area contributed by atoms with E-state index in [4.69, 9.17) is 14.2 Å². The fourth-order valence-corrected chi connectivity index (χ4v) is 2.88. The van der Waals surface area contributed by atoms with Gasteiger partial charge in [-0.1, -0.05) is 32.4 Å². The molecule has 1 aliphatic heterocycles. The van der Waals surface area contributed by atoms with E-state index in [2.05, 4.69) is 39.8 Å². The summed E-state index contributed by atoms with van der Waals surface area (Å²) in [6.07, 6.45) is 5.51. The Morgan fingerprint density at radius 1 is 1.35 bits per heavy atom. The van der Waals surface area contributed by atoms with Crippen LogP contribution < -0.4 is 9.47 Å². The van der Waals surface area contributed by atoms with Crippen LogP contribution in [-0.2, 0) is 11.2 Å². The fourth-order valence-electron chi connectivity index (χ4n) is 2.88. The van der Waals surface area contributed by atoms with Crippen molar-refractivity contribution in [3.05, 3.63) is 35.4 Å². The largest absolute Gasteiger partial charge is 0.493 e. The number of benzene rings is 1. The van der Waals surface area contributed by atoms with Gasteiger partial charge in [-0.15, -0.1) is 0 Å². The summed E-state index contributed by atoms with van der Waals surface area (Å²) >= 11 is 0. The maximum Gasteiger partial charge on any atom is 0.126 e. The first kappa shape index (κ1) is 17.9. The number of fused-ring (bicyclic) bond motifs is 1. The van der Waals surface area contributed by atoms with Gasteiger partial charge in [0.25, 0.3) is 0 Å². The van der Waals surface area contributed by atoms with Crippen LogP contribution in [0.4, 0.5) is 0 Å². The van der Waals surface area contributed by atoms with Crippen molar-refractivity contribution in [2.75, 3.05) is 20.3 Å². The van der Waals surface area contributed by atoms with Crippen LogP contribution in [0.25, 0.3) is 0 Å². The summed E-state index contributed by atoms with van der Waals surface area (Å²) in [5.74, 6) is 1.84. The summed E-state index contributed by atoms with van der Waals surface area (Å²) in [5.41, 5.74) is 2.79. The standard InChI is InChI=1S/C20H30O3/c1-15(6-9-19(21-5)20(2,3)4)10-12-22-17-8-7-16-11-13-23-18(16)14-17/h7-8,10,14,19H,6,9,11-13H2,1-5H3. The minimum atomic E-state index is 0.177. The van der Waals surface area contributed by atoms with Crippen LogP contribution in [-0.4, -0.2) is 26.4 Å². The summed E-state index contributed by atoms with van der Waals surface area (Å²) in [7, 11) is 1.80. The molecule has 2 rings (SSSR count). The Balaban J connectivity index is 1.79. The van der Waals surface area contributed by atoms with E-state index in [1.807, 2.05) is 12.1 Å². The van der Waals surface area contributed by atoms with Gasteiger partial charge in [-0.2, -0.15) is 0 Å². The monoisotopic (exact) mass is 318 g/mol. The highest BCUT2D eigenvalue weighted by molar-refractivity contribution is 5.42. The predicted molar refractivity (Wildman–Crippen MR) is 94.4 cm³/mol. The Hall–Kier alpha value is -1.48. The minimum Gasteiger partial charge on any atom is -0.493 e. The lowest BCUT2D eigenvalue weighted by Crippen LogP contribution is -2.28. The Morgan fingerprint density at radius 3 is 2.83 bits per heavy atom. The Morgan fingerprint density at radius 2 is 2.13 bits per heavy atom. The number of rotatable bonds is 7. The molecule has 1 heterocycles. The topological polar surface area (TPSA) is 27.7 Å². The molecule has 1 aromatic rings. The number of methoxy groups -OCH3 is 1. The van der Waals surface area contributed by atoms with Crippen LogP contribution in [0, 0.1) is 5.41 Å². The summed E-state index contributed by atoms with van der Waals surface area (Å²) < 4.78 is 17.0. The van der Waals surface area contributed by atoms with Gasteiger partial charge in [0, 0.05) is 19.6 Å². The molecule has 3 nitrogen and oxygen atoms in total. The fraction of sp³-hybridized carbons (Fsp3) is 0.600. The number of hydrogen-bond acceptors (Lipinski definition) is 3. The molecule has 1 aliphatic rings. The number of allylic oxidation sites excluding steroid dienone is 1. The van der Waals surface area contributed by atoms with Crippen LogP contribution in [0.2, 0.25) is 0 Å². The van der Waals surface area contributed by atoms with Crippen molar-refractivity contribution in [3.8, 4) is 11.5 Å². The SMILES string of the molecule is COC(CCC(C)=CCOc1ccc2c(c1)OCC2)C(C)(C)C. The first-order valence-electron chi connectivity index (χ1n) is 8.47. The van der Waals surface area contributed by atoms with Gasteiger partial charge in [0.15, 0.2) is 0 Å². The first-order valence-corrected chi connectivity index (χ1v) is 8.47. The molecule has 1 unspecified atom stereocenters. The molecule has 0 saturated carbocycles. The van der Waals surface area contributed by atoms with Crippen molar-refractivity contribution >= 4 is 0 Å². The van der Waals surface area contributed by atoms with Gasteiger partial charge >= 0.3 is 0 Å². The minimum absolute atomic E-state index is 0.177. The van der Waals surface area contributed by atoms with Crippen molar-refractivity contribution in [2.24, 2.45) is 5.41 Å². The van der Waals surface area contributed by atoms with Crippen LogP contribution >= 0.6 is 0 Å². The van der Waals surface area contributed by atoms with Crippen molar-refractivity contribution in [1.82, 2.24) is 0 Å². The first-order chi connectivity index (χ1) is 10.9. The van der Waals surface area contributed by atoms with E-state index in [0.29, 0.717) is 6.61 Å². The Kier molecular flexibility index (Phi) is 6.11. The van der Waals surface area contributed by atoms with Gasteiger partial charge in [-0.05, 0) is 42.9 Å². The smallest absolute Gasteiger partial charge is 0.126 e. The highest BCUT2D eigenvalue weighted by Crippen LogP contribution is 2.29. The molecule has 0 radical (unpaired) electrons. The summed E-state index contributed by atoms with van der Waals surface area (Å²) in [6, 6.07) is 6.12. The molecule has 1 atom stereocenters. The van der Waals surface area contributed by atoms with E-state index < -0.39 is 0 Å². The molecule has 128 valence electrons. The van der Waals surface area contributed by atoms with E-state index in [0.717, 1.165) is 37.4 Å². The highest BCUT2D eigenvalue weighted by atomic mass is 16.5. The second-order valence-electron chi connectivity index (χ2n) is 7.36. The quantitative estimate of drug-likeness (QED) is 0.677. The lowest BCUT2D eigenvalue weighted by atomic mass is 9.85. The molecular formula is C20H30O3. The van der Waals surface area contributed by atoms with Crippen LogP contribution in [0.15, 0.2) is 29.8 Å². The molecule has 0 aromatic heterocycles. The maximum absolute atomic E-state index is 5.81. The van der Waals surface area contributed by atoms with Crippen LogP contribution in [0.5, 0.6) is 11.5 Å². The molecule has 1 aromatic carbocycles. The number of ether oxygens (including phenoxy) is 3. The molecule has 0 spiro atoms. The second kappa shape index (κ2) is 7.87. The van der Waals surface area contributed by atoms with Gasteiger partial charge in [0.05, 0.1) is 12.7 Å². The maximum atomic E-state index is 5.81. The van der Waals surface area contributed by atoms with E-state index in [1.165, 1.54) is 11.1 Å². The molecule has 0 saturated heterocycles. The summed E-state index contributed by atoms with van der Waals surface area (Å²) in [4.78, 5) is 0. The van der Waals surface area contributed by atoms with Gasteiger partial charge in [-0.3, -0.25) is 0 Å².